The van der Waals surface area contributed by atoms with Crippen molar-refractivity contribution in [2.24, 2.45) is 0 Å². The van der Waals surface area contributed by atoms with E-state index in [-0.39, 0.29) is 24.3 Å². The first-order chi connectivity index (χ1) is 20.5. The van der Waals surface area contributed by atoms with Crippen LogP contribution < -0.4 is 14.8 Å². The minimum Gasteiger partial charge on any atom is -0.490 e. The second-order valence-electron chi connectivity index (χ2n) is 10.8. The molecule has 224 valence electrons. The average molecular weight is 636 g/mol. The Morgan fingerprint density at radius 1 is 0.857 bits per heavy atom. The van der Waals surface area contributed by atoms with Crippen LogP contribution in [0.4, 0.5) is 0 Å². The minimum atomic E-state index is -0.621. The Bertz CT molecular complexity index is 1280. The highest BCUT2D eigenvalue weighted by atomic mass is 79.9. The molecule has 0 radical (unpaired) electrons. The molecule has 6 nitrogen and oxygen atoms in total. The zero-order valence-electron chi connectivity index (χ0n) is 24.8. The molecule has 0 aliphatic heterocycles. The number of hydrogen-bond donors (Lipinski definition) is 1. The summed E-state index contributed by atoms with van der Waals surface area (Å²) in [6.07, 6.45) is 6.71. The molecule has 7 heteroatoms. The lowest BCUT2D eigenvalue weighted by Crippen LogP contribution is -2.52. The van der Waals surface area contributed by atoms with Gasteiger partial charge in [-0.2, -0.15) is 0 Å². The molecule has 0 aromatic heterocycles. The van der Waals surface area contributed by atoms with E-state index < -0.39 is 6.04 Å². The van der Waals surface area contributed by atoms with Gasteiger partial charge in [0.2, 0.25) is 11.8 Å². The third-order valence-electron chi connectivity index (χ3n) is 7.72. The van der Waals surface area contributed by atoms with E-state index in [1.807, 2.05) is 86.6 Å². The molecular formula is C35H43BrN2O4. The summed E-state index contributed by atoms with van der Waals surface area (Å²) in [5, 5.41) is 3.31. The van der Waals surface area contributed by atoms with Crippen LogP contribution in [-0.4, -0.2) is 42.0 Å². The molecule has 1 atom stereocenters. The molecule has 0 saturated heterocycles. The maximum absolute atomic E-state index is 14.1. The summed E-state index contributed by atoms with van der Waals surface area (Å²) < 4.78 is 12.5. The molecule has 1 saturated carbocycles. The number of nitrogens with one attached hydrogen (secondary N) is 1. The summed E-state index contributed by atoms with van der Waals surface area (Å²) in [5.74, 6) is 1.26. The number of rotatable bonds is 14. The molecule has 3 aromatic rings. The van der Waals surface area contributed by atoms with Crippen molar-refractivity contribution in [1.82, 2.24) is 10.2 Å². The SMILES string of the molecule is CCOc1ccc(CCC(=O)N(Cc2ccc(Br)cc2)[C@H](Cc2ccccc2)C(=O)NC2CCCCC2)cc1OCC. The highest BCUT2D eigenvalue weighted by molar-refractivity contribution is 9.10. The van der Waals surface area contributed by atoms with E-state index in [2.05, 4.69) is 21.2 Å². The molecule has 2 amide bonds. The summed E-state index contributed by atoms with van der Waals surface area (Å²) >= 11 is 3.51. The first kappa shape index (κ1) is 31.6. The van der Waals surface area contributed by atoms with Crippen LogP contribution in [0.3, 0.4) is 0 Å². The number of amides is 2. The van der Waals surface area contributed by atoms with E-state index in [0.717, 1.165) is 46.8 Å². The van der Waals surface area contributed by atoms with Crippen LogP contribution >= 0.6 is 15.9 Å². The fourth-order valence-corrected chi connectivity index (χ4v) is 5.80. The minimum absolute atomic E-state index is 0.0514. The van der Waals surface area contributed by atoms with Crippen molar-refractivity contribution in [3.8, 4) is 11.5 Å². The van der Waals surface area contributed by atoms with Gasteiger partial charge in [0.1, 0.15) is 6.04 Å². The van der Waals surface area contributed by atoms with Crippen molar-refractivity contribution in [3.63, 3.8) is 0 Å². The highest BCUT2D eigenvalue weighted by Gasteiger charge is 2.31. The summed E-state index contributed by atoms with van der Waals surface area (Å²) in [6, 6.07) is 23.3. The van der Waals surface area contributed by atoms with Gasteiger partial charge < -0.3 is 19.7 Å². The molecule has 1 aliphatic rings. The van der Waals surface area contributed by atoms with Gasteiger partial charge in [-0.15, -0.1) is 0 Å². The Morgan fingerprint density at radius 2 is 1.52 bits per heavy atom. The lowest BCUT2D eigenvalue weighted by molar-refractivity contribution is -0.141. The Hall–Kier alpha value is -3.32. The number of nitrogens with zero attached hydrogens (tertiary/aromatic N) is 1. The summed E-state index contributed by atoms with van der Waals surface area (Å²) in [7, 11) is 0. The fourth-order valence-electron chi connectivity index (χ4n) is 5.53. The molecule has 1 fully saturated rings. The van der Waals surface area contributed by atoms with Gasteiger partial charge in [-0.1, -0.05) is 83.7 Å². The van der Waals surface area contributed by atoms with Crippen LogP contribution in [0.5, 0.6) is 11.5 Å². The summed E-state index contributed by atoms with van der Waals surface area (Å²) in [5.41, 5.74) is 3.00. The van der Waals surface area contributed by atoms with E-state index in [1.165, 1.54) is 6.42 Å². The highest BCUT2D eigenvalue weighted by Crippen LogP contribution is 2.29. The fraction of sp³-hybridized carbons (Fsp3) is 0.429. The molecule has 0 bridgehead atoms. The predicted octanol–water partition coefficient (Wildman–Crippen LogP) is 7.27. The standard InChI is InChI=1S/C35H43BrN2O4/c1-3-41-32-21-17-27(24-33(32)42-4-2)18-22-34(39)38(25-28-15-19-29(36)20-16-28)31(23-26-11-7-5-8-12-26)35(40)37-30-13-9-6-10-14-30/h5,7-8,11-12,15-17,19-21,24,30-31H,3-4,6,9-10,13-14,18,22-23,25H2,1-2H3,(H,37,40)/t31-/m1/s1. The number of carbonyl (C=O) groups excluding carboxylic acids is 2. The number of benzene rings is 3. The van der Waals surface area contributed by atoms with E-state index in [4.69, 9.17) is 9.47 Å². The number of carbonyl (C=O) groups is 2. The molecule has 1 N–H and O–H groups in total. The van der Waals surface area contributed by atoms with E-state index in [9.17, 15) is 9.59 Å². The van der Waals surface area contributed by atoms with E-state index >= 15 is 0 Å². The third-order valence-corrected chi connectivity index (χ3v) is 8.25. The van der Waals surface area contributed by atoms with Crippen LogP contribution in [-0.2, 0) is 29.0 Å². The van der Waals surface area contributed by atoms with Crippen molar-refractivity contribution in [2.75, 3.05) is 13.2 Å². The van der Waals surface area contributed by atoms with Gasteiger partial charge in [-0.05, 0) is 74.1 Å². The van der Waals surface area contributed by atoms with Crippen LogP contribution in [0, 0.1) is 0 Å². The maximum Gasteiger partial charge on any atom is 0.243 e. The third kappa shape index (κ3) is 9.35. The van der Waals surface area contributed by atoms with Crippen molar-refractivity contribution in [2.45, 2.75) is 83.8 Å². The molecular weight excluding hydrogens is 592 g/mol. The van der Waals surface area contributed by atoms with Crippen molar-refractivity contribution in [3.05, 3.63) is 94.0 Å². The Kier molecular flexibility index (Phi) is 12.3. The van der Waals surface area contributed by atoms with E-state index in [1.54, 1.807) is 4.90 Å². The van der Waals surface area contributed by atoms with Crippen molar-refractivity contribution >= 4 is 27.7 Å². The van der Waals surface area contributed by atoms with Crippen LogP contribution in [0.25, 0.3) is 0 Å². The first-order valence-corrected chi connectivity index (χ1v) is 16.0. The molecule has 0 unspecified atom stereocenters. The largest absolute Gasteiger partial charge is 0.490 e. The number of hydrogen-bond acceptors (Lipinski definition) is 4. The van der Waals surface area contributed by atoms with Gasteiger partial charge in [-0.25, -0.2) is 0 Å². The maximum atomic E-state index is 14.1. The van der Waals surface area contributed by atoms with Gasteiger partial charge in [0.05, 0.1) is 13.2 Å². The molecule has 0 spiro atoms. The van der Waals surface area contributed by atoms with E-state index in [0.29, 0.717) is 44.1 Å². The van der Waals surface area contributed by atoms with Gasteiger partial charge >= 0.3 is 0 Å². The summed E-state index contributed by atoms with van der Waals surface area (Å²) in [4.78, 5) is 29.8. The lowest BCUT2D eigenvalue weighted by atomic mass is 9.94. The van der Waals surface area contributed by atoms with Gasteiger partial charge in [0, 0.05) is 29.9 Å². The predicted molar refractivity (Wildman–Crippen MR) is 171 cm³/mol. The monoisotopic (exact) mass is 634 g/mol. The molecule has 3 aromatic carbocycles. The number of halogens is 1. The smallest absolute Gasteiger partial charge is 0.243 e. The first-order valence-electron chi connectivity index (χ1n) is 15.2. The van der Waals surface area contributed by atoms with Crippen molar-refractivity contribution in [1.29, 1.82) is 0 Å². The average Bonchev–Trinajstić information content (AvgIpc) is 3.01. The Balaban J connectivity index is 1.59. The van der Waals surface area contributed by atoms with Crippen LogP contribution in [0.15, 0.2) is 77.3 Å². The molecule has 0 heterocycles. The molecule has 1 aliphatic carbocycles. The topological polar surface area (TPSA) is 67.9 Å². The number of ether oxygens (including phenoxy) is 2. The quantitative estimate of drug-likeness (QED) is 0.202. The zero-order chi connectivity index (χ0) is 29.7. The van der Waals surface area contributed by atoms with Crippen LogP contribution in [0.2, 0.25) is 0 Å². The lowest BCUT2D eigenvalue weighted by Gasteiger charge is -2.33. The second-order valence-corrected chi connectivity index (χ2v) is 11.8. The zero-order valence-corrected chi connectivity index (χ0v) is 26.4. The van der Waals surface area contributed by atoms with Gasteiger partial charge in [0.15, 0.2) is 11.5 Å². The van der Waals surface area contributed by atoms with Crippen molar-refractivity contribution < 1.29 is 19.1 Å². The molecule has 42 heavy (non-hydrogen) atoms. The Morgan fingerprint density at radius 3 is 2.21 bits per heavy atom. The Labute approximate surface area is 258 Å². The van der Waals surface area contributed by atoms with Crippen LogP contribution in [0.1, 0.15) is 69.1 Å². The summed E-state index contributed by atoms with van der Waals surface area (Å²) in [6.45, 7) is 5.32. The van der Waals surface area contributed by atoms with Gasteiger partial charge in [-0.3, -0.25) is 9.59 Å². The molecule has 4 rings (SSSR count). The second kappa shape index (κ2) is 16.4. The number of aryl methyl sites for hydroxylation is 1. The van der Waals surface area contributed by atoms with Gasteiger partial charge in [0.25, 0.3) is 0 Å². The normalized spacial score (nSPS) is 14.2.